The fourth-order valence-corrected chi connectivity index (χ4v) is 3.01. The lowest BCUT2D eigenvalue weighted by molar-refractivity contribution is 0.322. The van der Waals surface area contributed by atoms with Gasteiger partial charge in [0, 0.05) is 11.6 Å². The van der Waals surface area contributed by atoms with Crippen molar-refractivity contribution in [1.29, 1.82) is 0 Å². The van der Waals surface area contributed by atoms with Crippen LogP contribution in [-0.2, 0) is 6.54 Å². The number of nitrogens with zero attached hydrogens (tertiary/aromatic N) is 2. The van der Waals surface area contributed by atoms with E-state index in [0.29, 0.717) is 52.4 Å². The Morgan fingerprint density at radius 1 is 1.19 bits per heavy atom. The van der Waals surface area contributed by atoms with Crippen LogP contribution in [0, 0.1) is 13.8 Å². The summed E-state index contributed by atoms with van der Waals surface area (Å²) in [5.41, 5.74) is 0.873. The van der Waals surface area contributed by atoms with Crippen LogP contribution in [0.2, 0.25) is 15.1 Å². The Bertz CT molecular complexity index is 741. The van der Waals surface area contributed by atoms with Gasteiger partial charge in [-0.25, -0.2) is 9.98 Å². The lowest BCUT2D eigenvalue weighted by Gasteiger charge is -2.13. The Labute approximate surface area is 191 Å². The average molecular weight is 548 g/mol. The summed E-state index contributed by atoms with van der Waals surface area (Å²) < 4.78 is 11.2. The van der Waals surface area contributed by atoms with Gasteiger partial charge in [-0.1, -0.05) is 34.8 Å². The van der Waals surface area contributed by atoms with Gasteiger partial charge in [0.25, 0.3) is 0 Å². The summed E-state index contributed by atoms with van der Waals surface area (Å²) >= 11 is 18.1. The first-order valence-corrected chi connectivity index (χ1v) is 9.26. The number of hydrogen-bond donors (Lipinski definition) is 2. The fraction of sp³-hybridized carbons (Fsp3) is 0.412. The maximum atomic E-state index is 6.09. The predicted molar refractivity (Wildman–Crippen MR) is 121 cm³/mol. The zero-order valence-corrected chi connectivity index (χ0v) is 19.8. The monoisotopic (exact) mass is 546 g/mol. The molecule has 1 aromatic carbocycles. The first-order chi connectivity index (χ1) is 12.4. The second-order valence-electron chi connectivity index (χ2n) is 5.42. The molecule has 0 atom stereocenters. The predicted octanol–water partition coefficient (Wildman–Crippen LogP) is 5.00. The highest BCUT2D eigenvalue weighted by Crippen LogP contribution is 2.35. The molecule has 0 aliphatic heterocycles. The quantitative estimate of drug-likeness (QED) is 0.221. The Kier molecular flexibility index (Phi) is 10.6. The summed E-state index contributed by atoms with van der Waals surface area (Å²) in [6.07, 6.45) is 0. The van der Waals surface area contributed by atoms with Crippen LogP contribution in [0.1, 0.15) is 24.3 Å². The van der Waals surface area contributed by atoms with E-state index in [9.17, 15) is 0 Å². The molecular weight excluding hydrogens is 525 g/mol. The van der Waals surface area contributed by atoms with Gasteiger partial charge in [0.15, 0.2) is 11.7 Å². The van der Waals surface area contributed by atoms with Crippen molar-refractivity contribution in [3.05, 3.63) is 44.5 Å². The molecule has 0 amide bonds. The van der Waals surface area contributed by atoms with Crippen LogP contribution < -0.4 is 15.4 Å². The van der Waals surface area contributed by atoms with Crippen molar-refractivity contribution in [3.63, 3.8) is 0 Å². The molecule has 0 spiro atoms. The Balaban J connectivity index is 0.00000364. The lowest BCUT2D eigenvalue weighted by Crippen LogP contribution is -2.39. The number of aryl methyl sites for hydroxylation is 2. The van der Waals surface area contributed by atoms with E-state index in [-0.39, 0.29) is 24.0 Å². The van der Waals surface area contributed by atoms with Gasteiger partial charge in [-0.3, -0.25) is 0 Å². The molecule has 150 valence electrons. The summed E-state index contributed by atoms with van der Waals surface area (Å²) in [6, 6.07) is 3.17. The maximum Gasteiger partial charge on any atom is 0.216 e. The molecule has 1 heterocycles. The first kappa shape index (κ1) is 24.1. The SMILES string of the molecule is CCNC(=NCc1nc(C)c(C)o1)NCCOc1c(Cl)cc(Cl)cc1Cl.I. The largest absolute Gasteiger partial charge is 0.489 e. The number of halogens is 4. The van der Waals surface area contributed by atoms with Gasteiger partial charge in [0.05, 0.1) is 22.3 Å². The summed E-state index contributed by atoms with van der Waals surface area (Å²) in [7, 11) is 0. The number of aliphatic imine (C=N–C) groups is 1. The summed E-state index contributed by atoms with van der Waals surface area (Å²) in [5.74, 6) is 2.43. The number of rotatable bonds is 7. The lowest BCUT2D eigenvalue weighted by atomic mass is 10.3. The van der Waals surface area contributed by atoms with E-state index in [4.69, 9.17) is 44.0 Å². The Hall–Kier alpha value is -0.900. The molecule has 2 rings (SSSR count). The van der Waals surface area contributed by atoms with Crippen LogP contribution in [0.4, 0.5) is 0 Å². The normalized spacial score (nSPS) is 11.1. The number of oxazole rings is 1. The maximum absolute atomic E-state index is 6.09. The van der Waals surface area contributed by atoms with Crippen molar-refractivity contribution in [2.45, 2.75) is 27.3 Å². The number of ether oxygens (including phenoxy) is 1. The van der Waals surface area contributed by atoms with E-state index >= 15 is 0 Å². The molecule has 2 N–H and O–H groups in total. The molecule has 0 fully saturated rings. The molecule has 2 aromatic rings. The molecule has 0 saturated heterocycles. The molecule has 10 heteroatoms. The summed E-state index contributed by atoms with van der Waals surface area (Å²) in [6.45, 7) is 7.70. The van der Waals surface area contributed by atoms with E-state index in [1.807, 2.05) is 20.8 Å². The van der Waals surface area contributed by atoms with Crippen molar-refractivity contribution in [3.8, 4) is 5.75 Å². The number of benzene rings is 1. The van der Waals surface area contributed by atoms with E-state index in [1.54, 1.807) is 12.1 Å². The third kappa shape index (κ3) is 7.56. The van der Waals surface area contributed by atoms with Crippen LogP contribution in [-0.4, -0.2) is 30.6 Å². The number of guanidine groups is 1. The van der Waals surface area contributed by atoms with Crippen LogP contribution in [0.3, 0.4) is 0 Å². The van der Waals surface area contributed by atoms with Gasteiger partial charge < -0.3 is 19.8 Å². The minimum absolute atomic E-state index is 0. The zero-order chi connectivity index (χ0) is 19.1. The van der Waals surface area contributed by atoms with Gasteiger partial charge in [-0.15, -0.1) is 24.0 Å². The molecule has 0 aliphatic carbocycles. The highest BCUT2D eigenvalue weighted by Gasteiger charge is 2.09. The van der Waals surface area contributed by atoms with Crippen molar-refractivity contribution in [2.75, 3.05) is 19.7 Å². The topological polar surface area (TPSA) is 71.7 Å². The van der Waals surface area contributed by atoms with Crippen LogP contribution >= 0.6 is 58.8 Å². The molecule has 6 nitrogen and oxygen atoms in total. The third-order valence-corrected chi connectivity index (χ3v) is 4.17. The molecule has 0 unspecified atom stereocenters. The van der Waals surface area contributed by atoms with E-state index < -0.39 is 0 Å². The molecular formula is C17H22Cl3IN4O2. The summed E-state index contributed by atoms with van der Waals surface area (Å²) in [5, 5.41) is 7.52. The van der Waals surface area contributed by atoms with Gasteiger partial charge in [-0.05, 0) is 32.9 Å². The number of nitrogens with one attached hydrogen (secondary N) is 2. The molecule has 27 heavy (non-hydrogen) atoms. The van der Waals surface area contributed by atoms with Crippen LogP contribution in [0.25, 0.3) is 0 Å². The van der Waals surface area contributed by atoms with Crippen molar-refractivity contribution in [2.24, 2.45) is 4.99 Å². The second kappa shape index (κ2) is 11.8. The van der Waals surface area contributed by atoms with Crippen molar-refractivity contribution in [1.82, 2.24) is 15.6 Å². The molecule has 0 aliphatic rings. The van der Waals surface area contributed by atoms with Gasteiger partial charge >= 0.3 is 0 Å². The summed E-state index contributed by atoms with van der Waals surface area (Å²) in [4.78, 5) is 8.75. The van der Waals surface area contributed by atoms with E-state index in [1.165, 1.54) is 0 Å². The second-order valence-corrected chi connectivity index (χ2v) is 6.67. The van der Waals surface area contributed by atoms with E-state index in [2.05, 4.69) is 20.6 Å². The third-order valence-electron chi connectivity index (χ3n) is 3.39. The van der Waals surface area contributed by atoms with Gasteiger partial charge in [0.1, 0.15) is 18.9 Å². The van der Waals surface area contributed by atoms with Crippen molar-refractivity contribution >= 4 is 64.7 Å². The number of hydrogen-bond acceptors (Lipinski definition) is 4. The molecule has 0 bridgehead atoms. The molecule has 0 saturated carbocycles. The minimum atomic E-state index is 0. The van der Waals surface area contributed by atoms with E-state index in [0.717, 1.165) is 18.0 Å². The van der Waals surface area contributed by atoms with Crippen molar-refractivity contribution < 1.29 is 9.15 Å². The molecule has 1 aromatic heterocycles. The Morgan fingerprint density at radius 3 is 2.41 bits per heavy atom. The van der Waals surface area contributed by atoms with Gasteiger partial charge in [0.2, 0.25) is 5.89 Å². The number of aromatic nitrogens is 1. The Morgan fingerprint density at radius 2 is 1.85 bits per heavy atom. The standard InChI is InChI=1S/C17H21Cl3N4O2.HI/c1-4-21-17(23-9-15-24-10(2)11(3)26-15)22-5-6-25-16-13(19)7-12(18)8-14(16)20;/h7-8H,4-6,9H2,1-3H3,(H2,21,22,23);1H. The van der Waals surface area contributed by atoms with Crippen LogP contribution in [0.5, 0.6) is 5.75 Å². The zero-order valence-electron chi connectivity index (χ0n) is 15.2. The highest BCUT2D eigenvalue weighted by atomic mass is 127. The molecule has 0 radical (unpaired) electrons. The smallest absolute Gasteiger partial charge is 0.216 e. The van der Waals surface area contributed by atoms with Crippen LogP contribution in [0.15, 0.2) is 21.5 Å². The minimum Gasteiger partial charge on any atom is -0.489 e. The average Bonchev–Trinajstić information content (AvgIpc) is 2.89. The first-order valence-electron chi connectivity index (χ1n) is 8.13. The fourth-order valence-electron chi connectivity index (χ4n) is 2.08. The highest BCUT2D eigenvalue weighted by molar-refractivity contribution is 14.0. The van der Waals surface area contributed by atoms with Gasteiger partial charge in [-0.2, -0.15) is 0 Å².